The number of nitrogens with zero attached hydrogens (tertiary/aromatic N) is 1. The first-order valence-electron chi connectivity index (χ1n) is 7.09. The van der Waals surface area contributed by atoms with E-state index in [4.69, 9.17) is 4.74 Å². The van der Waals surface area contributed by atoms with E-state index in [-0.39, 0.29) is 23.8 Å². The number of ether oxygens (including phenoxy) is 2. The highest BCUT2D eigenvalue weighted by Crippen LogP contribution is 2.34. The average molecular weight is 414 g/mol. The molecule has 0 saturated carbocycles. The van der Waals surface area contributed by atoms with Gasteiger partial charge in [-0.15, -0.1) is 0 Å². The number of rotatable bonds is 5. The lowest BCUT2D eigenvalue weighted by atomic mass is 10.2. The topological polar surface area (TPSA) is 72.9 Å². The summed E-state index contributed by atoms with van der Waals surface area (Å²) in [5.74, 6) is -0.289. The van der Waals surface area contributed by atoms with Gasteiger partial charge in [-0.2, -0.15) is 0 Å². The number of esters is 1. The fraction of sp³-hybridized carbons (Fsp3) is 0.312. The van der Waals surface area contributed by atoms with Crippen LogP contribution < -0.4 is 4.74 Å². The van der Waals surface area contributed by atoms with E-state index in [9.17, 15) is 14.4 Å². The Bertz CT molecular complexity index is 716. The Hall–Kier alpha value is -1.80. The molecular weight excluding hydrogens is 398 g/mol. The Kier molecular flexibility index (Phi) is 6.06. The highest BCUT2D eigenvalue weighted by Gasteiger charge is 2.36. The van der Waals surface area contributed by atoms with Gasteiger partial charge in [0.25, 0.3) is 11.1 Å². The molecule has 1 aromatic carbocycles. The van der Waals surface area contributed by atoms with Gasteiger partial charge in [0, 0.05) is 6.04 Å². The van der Waals surface area contributed by atoms with Crippen LogP contribution in [-0.2, 0) is 14.3 Å². The van der Waals surface area contributed by atoms with E-state index in [1.165, 1.54) is 12.0 Å². The zero-order valence-corrected chi connectivity index (χ0v) is 15.8. The van der Waals surface area contributed by atoms with Crippen LogP contribution in [0.15, 0.2) is 27.6 Å². The molecule has 0 unspecified atom stereocenters. The molecule has 0 radical (unpaired) electrons. The number of imide groups is 1. The fourth-order valence-electron chi connectivity index (χ4n) is 2.00. The quantitative estimate of drug-likeness (QED) is 0.543. The third-order valence-corrected chi connectivity index (χ3v) is 4.67. The third kappa shape index (κ3) is 4.18. The molecule has 1 aliphatic rings. The standard InChI is InChI=1S/C16H16BrNO5S/c1-9(2)18-15(20)13(24-16(18)21)7-10-4-5-12(11(17)6-10)23-8-14(19)22-3/h4-7,9H,8H2,1-3H3/b13-7+. The molecule has 0 bridgehead atoms. The molecule has 1 saturated heterocycles. The van der Waals surface area contributed by atoms with Gasteiger partial charge < -0.3 is 9.47 Å². The van der Waals surface area contributed by atoms with Crippen molar-refractivity contribution in [3.63, 3.8) is 0 Å². The maximum Gasteiger partial charge on any atom is 0.343 e. The molecule has 2 rings (SSSR count). The van der Waals surface area contributed by atoms with E-state index < -0.39 is 5.97 Å². The van der Waals surface area contributed by atoms with E-state index in [1.54, 1.807) is 38.1 Å². The first kappa shape index (κ1) is 18.5. The van der Waals surface area contributed by atoms with Crippen molar-refractivity contribution in [2.24, 2.45) is 0 Å². The van der Waals surface area contributed by atoms with Crippen LogP contribution in [0.25, 0.3) is 6.08 Å². The lowest BCUT2D eigenvalue weighted by Crippen LogP contribution is -2.34. The van der Waals surface area contributed by atoms with E-state index in [2.05, 4.69) is 20.7 Å². The van der Waals surface area contributed by atoms with Gasteiger partial charge >= 0.3 is 5.97 Å². The number of halogens is 1. The zero-order valence-electron chi connectivity index (χ0n) is 13.4. The lowest BCUT2D eigenvalue weighted by molar-refractivity contribution is -0.142. The summed E-state index contributed by atoms with van der Waals surface area (Å²) in [6.07, 6.45) is 1.65. The minimum Gasteiger partial charge on any atom is -0.481 e. The van der Waals surface area contributed by atoms with Crippen molar-refractivity contribution in [1.29, 1.82) is 0 Å². The molecule has 0 spiro atoms. The van der Waals surface area contributed by atoms with E-state index >= 15 is 0 Å². The summed E-state index contributed by atoms with van der Waals surface area (Å²) < 4.78 is 10.5. The van der Waals surface area contributed by atoms with Gasteiger partial charge in [-0.25, -0.2) is 4.79 Å². The van der Waals surface area contributed by atoms with Gasteiger partial charge in [-0.05, 0) is 65.3 Å². The Morgan fingerprint density at radius 3 is 2.62 bits per heavy atom. The van der Waals surface area contributed by atoms with Crippen LogP contribution in [0, 0.1) is 0 Å². The van der Waals surface area contributed by atoms with E-state index in [0.717, 1.165) is 17.3 Å². The molecular formula is C16H16BrNO5S. The fourth-order valence-corrected chi connectivity index (χ4v) is 3.47. The minimum atomic E-state index is -0.478. The lowest BCUT2D eigenvalue weighted by Gasteiger charge is -2.16. The van der Waals surface area contributed by atoms with Gasteiger partial charge in [0.1, 0.15) is 5.75 Å². The number of carbonyl (C=O) groups is 3. The second kappa shape index (κ2) is 7.85. The van der Waals surface area contributed by atoms with Gasteiger partial charge in [0.2, 0.25) is 0 Å². The van der Waals surface area contributed by atoms with Crippen LogP contribution in [0.5, 0.6) is 5.75 Å². The Morgan fingerprint density at radius 2 is 2.08 bits per heavy atom. The number of benzene rings is 1. The largest absolute Gasteiger partial charge is 0.481 e. The summed E-state index contributed by atoms with van der Waals surface area (Å²) in [5, 5.41) is -0.265. The molecule has 1 fully saturated rings. The van der Waals surface area contributed by atoms with Gasteiger partial charge in [-0.3, -0.25) is 14.5 Å². The maximum atomic E-state index is 12.3. The number of carbonyl (C=O) groups excluding carboxylic acids is 3. The number of methoxy groups -OCH3 is 1. The normalized spacial score (nSPS) is 16.2. The number of amides is 2. The third-order valence-electron chi connectivity index (χ3n) is 3.17. The van der Waals surface area contributed by atoms with Gasteiger partial charge in [0.05, 0.1) is 16.5 Å². The van der Waals surface area contributed by atoms with Crippen molar-refractivity contribution >= 4 is 50.9 Å². The molecule has 0 aromatic heterocycles. The smallest absolute Gasteiger partial charge is 0.343 e. The molecule has 0 atom stereocenters. The Morgan fingerprint density at radius 1 is 1.38 bits per heavy atom. The minimum absolute atomic E-state index is 0.177. The molecule has 6 nitrogen and oxygen atoms in total. The summed E-state index contributed by atoms with van der Waals surface area (Å²) in [5.41, 5.74) is 0.738. The Labute approximate surface area is 152 Å². The average Bonchev–Trinajstić information content (AvgIpc) is 2.80. The van der Waals surface area contributed by atoms with Crippen LogP contribution in [0.1, 0.15) is 19.4 Å². The van der Waals surface area contributed by atoms with E-state index in [0.29, 0.717) is 15.1 Å². The van der Waals surface area contributed by atoms with Gasteiger partial charge in [0.15, 0.2) is 6.61 Å². The van der Waals surface area contributed by atoms with Crippen molar-refractivity contribution in [3.05, 3.63) is 33.1 Å². The highest BCUT2D eigenvalue weighted by molar-refractivity contribution is 9.10. The Balaban J connectivity index is 2.16. The molecule has 0 aliphatic carbocycles. The summed E-state index contributed by atoms with van der Waals surface area (Å²) in [6.45, 7) is 3.40. The summed E-state index contributed by atoms with van der Waals surface area (Å²) in [4.78, 5) is 36.8. The SMILES string of the molecule is COC(=O)COc1ccc(/C=C2/SC(=O)N(C(C)C)C2=O)cc1Br. The number of hydrogen-bond donors (Lipinski definition) is 0. The van der Waals surface area contributed by atoms with Crippen LogP contribution in [0.2, 0.25) is 0 Å². The van der Waals surface area contributed by atoms with Crippen molar-refractivity contribution in [3.8, 4) is 5.75 Å². The van der Waals surface area contributed by atoms with Gasteiger partial charge in [-0.1, -0.05) is 6.07 Å². The second-order valence-electron chi connectivity index (χ2n) is 5.20. The molecule has 1 aromatic rings. The molecule has 2 amide bonds. The van der Waals surface area contributed by atoms with Crippen LogP contribution in [0.4, 0.5) is 4.79 Å². The summed E-state index contributed by atoms with van der Waals surface area (Å²) in [7, 11) is 1.29. The van der Waals surface area contributed by atoms with Crippen LogP contribution >= 0.6 is 27.7 Å². The predicted molar refractivity (Wildman–Crippen MR) is 94.6 cm³/mol. The maximum absolute atomic E-state index is 12.3. The number of hydrogen-bond acceptors (Lipinski definition) is 6. The molecule has 24 heavy (non-hydrogen) atoms. The molecule has 1 heterocycles. The molecule has 1 aliphatic heterocycles. The zero-order chi connectivity index (χ0) is 17.9. The first-order valence-corrected chi connectivity index (χ1v) is 8.70. The summed E-state index contributed by atoms with van der Waals surface area (Å²) >= 11 is 4.28. The van der Waals surface area contributed by atoms with Crippen LogP contribution in [-0.4, -0.2) is 41.8 Å². The van der Waals surface area contributed by atoms with Crippen molar-refractivity contribution in [2.75, 3.05) is 13.7 Å². The van der Waals surface area contributed by atoms with Crippen molar-refractivity contribution < 1.29 is 23.9 Å². The molecule has 0 N–H and O–H groups in total. The first-order chi connectivity index (χ1) is 11.3. The number of thioether (sulfide) groups is 1. The van der Waals surface area contributed by atoms with Crippen LogP contribution in [0.3, 0.4) is 0 Å². The van der Waals surface area contributed by atoms with Crippen molar-refractivity contribution in [2.45, 2.75) is 19.9 Å². The van der Waals surface area contributed by atoms with Crippen molar-refractivity contribution in [1.82, 2.24) is 4.90 Å². The van der Waals surface area contributed by atoms with E-state index in [1.807, 2.05) is 0 Å². The molecule has 128 valence electrons. The highest BCUT2D eigenvalue weighted by atomic mass is 79.9. The molecule has 8 heteroatoms. The monoisotopic (exact) mass is 413 g/mol. The summed E-state index contributed by atoms with van der Waals surface area (Å²) in [6, 6.07) is 4.98. The second-order valence-corrected chi connectivity index (χ2v) is 7.05. The predicted octanol–water partition coefficient (Wildman–Crippen LogP) is 3.45.